The number of hydrogen-bond donors (Lipinski definition) is 2. The van der Waals surface area contributed by atoms with Crippen LogP contribution in [0.15, 0.2) is 18.2 Å². The molecule has 0 fully saturated rings. The van der Waals surface area contributed by atoms with Gasteiger partial charge in [-0.3, -0.25) is 4.79 Å². The van der Waals surface area contributed by atoms with Gasteiger partial charge in [0.15, 0.2) is 5.78 Å². The zero-order chi connectivity index (χ0) is 10.1. The number of rotatable bonds is 3. The van der Waals surface area contributed by atoms with Gasteiger partial charge < -0.3 is 10.4 Å². The maximum absolute atomic E-state index is 11.1. The third kappa shape index (κ3) is 1.63. The number of aliphatic hydroxyl groups is 1. The molecule has 1 aromatic rings. The van der Waals surface area contributed by atoms with Crippen LogP contribution in [0.4, 0.5) is 5.69 Å². The maximum Gasteiger partial charge on any atom is 0.167 e. The highest BCUT2D eigenvalue weighted by Gasteiger charge is 2.22. The van der Waals surface area contributed by atoms with Crippen molar-refractivity contribution in [3.63, 3.8) is 0 Å². The molecule has 1 aliphatic carbocycles. The van der Waals surface area contributed by atoms with Crippen molar-refractivity contribution in [2.45, 2.75) is 19.4 Å². The molecule has 0 heterocycles. The second-order valence-electron chi connectivity index (χ2n) is 3.70. The SMILES string of the molecule is CC(O)CNc1ccc2c(c1)C(=O)C2. The molecular weight excluding hydrogens is 178 g/mol. The van der Waals surface area contributed by atoms with Gasteiger partial charge in [-0.15, -0.1) is 0 Å². The minimum Gasteiger partial charge on any atom is -0.392 e. The third-order valence-electron chi connectivity index (χ3n) is 2.36. The van der Waals surface area contributed by atoms with E-state index in [1.807, 2.05) is 18.2 Å². The summed E-state index contributed by atoms with van der Waals surface area (Å²) in [5.41, 5.74) is 2.84. The van der Waals surface area contributed by atoms with Crippen molar-refractivity contribution in [1.29, 1.82) is 0 Å². The lowest BCUT2D eigenvalue weighted by molar-refractivity contribution is 0.0968. The van der Waals surface area contributed by atoms with Crippen molar-refractivity contribution >= 4 is 11.5 Å². The van der Waals surface area contributed by atoms with E-state index in [-0.39, 0.29) is 11.9 Å². The summed E-state index contributed by atoms with van der Waals surface area (Å²) in [6, 6.07) is 5.75. The number of hydrogen-bond acceptors (Lipinski definition) is 3. The fourth-order valence-corrected chi connectivity index (χ4v) is 1.53. The zero-order valence-corrected chi connectivity index (χ0v) is 8.08. The fourth-order valence-electron chi connectivity index (χ4n) is 1.53. The van der Waals surface area contributed by atoms with Crippen LogP contribution in [0, 0.1) is 0 Å². The normalized spacial score (nSPS) is 15.7. The highest BCUT2D eigenvalue weighted by atomic mass is 16.3. The smallest absolute Gasteiger partial charge is 0.167 e. The first-order valence-electron chi connectivity index (χ1n) is 4.75. The summed E-state index contributed by atoms with van der Waals surface area (Å²) >= 11 is 0. The minimum atomic E-state index is -0.378. The summed E-state index contributed by atoms with van der Waals surface area (Å²) in [6.07, 6.45) is 0.197. The number of anilines is 1. The van der Waals surface area contributed by atoms with Gasteiger partial charge in [-0.05, 0) is 24.6 Å². The number of aliphatic hydroxyl groups excluding tert-OH is 1. The lowest BCUT2D eigenvalue weighted by Crippen LogP contribution is -2.20. The highest BCUT2D eigenvalue weighted by Crippen LogP contribution is 2.25. The van der Waals surface area contributed by atoms with Crippen molar-refractivity contribution in [1.82, 2.24) is 0 Å². The van der Waals surface area contributed by atoms with E-state index in [0.29, 0.717) is 13.0 Å². The molecule has 74 valence electrons. The fraction of sp³-hybridized carbons (Fsp3) is 0.364. The Balaban J connectivity index is 2.09. The summed E-state index contributed by atoms with van der Waals surface area (Å²) in [7, 11) is 0. The minimum absolute atomic E-state index is 0.209. The van der Waals surface area contributed by atoms with E-state index in [1.54, 1.807) is 6.92 Å². The van der Waals surface area contributed by atoms with E-state index in [2.05, 4.69) is 5.32 Å². The van der Waals surface area contributed by atoms with Crippen molar-refractivity contribution in [2.24, 2.45) is 0 Å². The first-order chi connectivity index (χ1) is 6.66. The van der Waals surface area contributed by atoms with Crippen LogP contribution in [-0.4, -0.2) is 23.5 Å². The predicted molar refractivity (Wildman–Crippen MR) is 54.6 cm³/mol. The van der Waals surface area contributed by atoms with Gasteiger partial charge in [0.1, 0.15) is 0 Å². The molecule has 2 rings (SSSR count). The topological polar surface area (TPSA) is 49.3 Å². The quantitative estimate of drug-likeness (QED) is 0.755. The van der Waals surface area contributed by atoms with Crippen LogP contribution in [0.25, 0.3) is 0 Å². The number of benzene rings is 1. The summed E-state index contributed by atoms with van der Waals surface area (Å²) < 4.78 is 0. The van der Waals surface area contributed by atoms with Gasteiger partial charge in [0.05, 0.1) is 6.10 Å². The van der Waals surface area contributed by atoms with Gasteiger partial charge >= 0.3 is 0 Å². The molecule has 0 aromatic heterocycles. The van der Waals surface area contributed by atoms with Crippen LogP contribution in [0.3, 0.4) is 0 Å². The summed E-state index contributed by atoms with van der Waals surface area (Å²) in [5, 5.41) is 12.1. The van der Waals surface area contributed by atoms with Crippen LogP contribution in [-0.2, 0) is 6.42 Å². The summed E-state index contributed by atoms with van der Waals surface area (Å²) in [5.74, 6) is 0.209. The molecule has 0 radical (unpaired) electrons. The Morgan fingerprint density at radius 1 is 1.57 bits per heavy atom. The van der Waals surface area contributed by atoms with E-state index in [4.69, 9.17) is 5.11 Å². The van der Waals surface area contributed by atoms with Crippen molar-refractivity contribution in [3.05, 3.63) is 29.3 Å². The molecular formula is C11H13NO2. The summed E-state index contributed by atoms with van der Waals surface area (Å²) in [4.78, 5) is 11.1. The number of fused-ring (bicyclic) bond motifs is 1. The van der Waals surface area contributed by atoms with Crippen LogP contribution >= 0.6 is 0 Å². The Morgan fingerprint density at radius 3 is 3.00 bits per heavy atom. The van der Waals surface area contributed by atoms with Gasteiger partial charge in [-0.2, -0.15) is 0 Å². The lowest BCUT2D eigenvalue weighted by atomic mass is 9.87. The molecule has 1 aromatic carbocycles. The van der Waals surface area contributed by atoms with Gasteiger partial charge in [-0.1, -0.05) is 6.07 Å². The Morgan fingerprint density at radius 2 is 2.36 bits per heavy atom. The molecule has 0 saturated heterocycles. The van der Waals surface area contributed by atoms with Crippen molar-refractivity contribution in [2.75, 3.05) is 11.9 Å². The van der Waals surface area contributed by atoms with E-state index >= 15 is 0 Å². The van der Waals surface area contributed by atoms with Gasteiger partial charge in [0.25, 0.3) is 0 Å². The molecule has 0 amide bonds. The van der Waals surface area contributed by atoms with Crippen molar-refractivity contribution < 1.29 is 9.90 Å². The number of ketones is 1. The number of carbonyl (C=O) groups is 1. The van der Waals surface area contributed by atoms with Gasteiger partial charge in [0.2, 0.25) is 0 Å². The van der Waals surface area contributed by atoms with Crippen LogP contribution < -0.4 is 5.32 Å². The molecule has 0 aliphatic heterocycles. The van der Waals surface area contributed by atoms with Crippen LogP contribution in [0.1, 0.15) is 22.8 Å². The lowest BCUT2D eigenvalue weighted by Gasteiger charge is -2.18. The first-order valence-corrected chi connectivity index (χ1v) is 4.75. The van der Waals surface area contributed by atoms with E-state index in [1.165, 1.54) is 0 Å². The van der Waals surface area contributed by atoms with E-state index < -0.39 is 0 Å². The molecule has 1 aliphatic rings. The third-order valence-corrected chi connectivity index (χ3v) is 2.36. The Kier molecular flexibility index (Phi) is 2.25. The zero-order valence-electron chi connectivity index (χ0n) is 8.08. The molecule has 0 saturated carbocycles. The molecule has 0 bridgehead atoms. The van der Waals surface area contributed by atoms with Gasteiger partial charge in [0, 0.05) is 24.2 Å². The van der Waals surface area contributed by atoms with E-state index in [9.17, 15) is 4.79 Å². The molecule has 3 nitrogen and oxygen atoms in total. The van der Waals surface area contributed by atoms with Crippen LogP contribution in [0.2, 0.25) is 0 Å². The largest absolute Gasteiger partial charge is 0.392 e. The Labute approximate surface area is 82.8 Å². The molecule has 3 heteroatoms. The highest BCUT2D eigenvalue weighted by molar-refractivity contribution is 6.07. The first kappa shape index (κ1) is 9.21. The van der Waals surface area contributed by atoms with E-state index in [0.717, 1.165) is 16.8 Å². The second-order valence-corrected chi connectivity index (χ2v) is 3.70. The number of carbonyl (C=O) groups excluding carboxylic acids is 1. The Bertz CT molecular complexity index is 372. The molecule has 0 spiro atoms. The standard InChI is InChI=1S/C11H13NO2/c1-7(13)6-12-9-3-2-8-4-11(14)10(8)5-9/h2-3,5,7,12-13H,4,6H2,1H3. The maximum atomic E-state index is 11.1. The van der Waals surface area contributed by atoms with Crippen LogP contribution in [0.5, 0.6) is 0 Å². The van der Waals surface area contributed by atoms with Crippen molar-refractivity contribution in [3.8, 4) is 0 Å². The average molecular weight is 191 g/mol. The second kappa shape index (κ2) is 3.42. The summed E-state index contributed by atoms with van der Waals surface area (Å²) in [6.45, 7) is 2.23. The monoisotopic (exact) mass is 191 g/mol. The molecule has 1 atom stereocenters. The number of Topliss-reactive ketones (excluding diaryl/α,β-unsaturated/α-hetero) is 1. The number of nitrogens with one attached hydrogen (secondary N) is 1. The van der Waals surface area contributed by atoms with Gasteiger partial charge in [-0.25, -0.2) is 0 Å². The Hall–Kier alpha value is -1.35. The predicted octanol–water partition coefficient (Wildman–Crippen LogP) is 1.22. The molecule has 14 heavy (non-hydrogen) atoms. The average Bonchev–Trinajstić information content (AvgIpc) is 2.14. The molecule has 2 N–H and O–H groups in total. The molecule has 1 unspecified atom stereocenters.